The van der Waals surface area contributed by atoms with Gasteiger partial charge in [0.15, 0.2) is 0 Å². The summed E-state index contributed by atoms with van der Waals surface area (Å²) in [4.78, 5) is 0. The number of fused-ring (bicyclic) bond motifs is 2. The molecular formula is C19H13. The molecule has 89 valence electrons. The van der Waals surface area contributed by atoms with Crippen molar-refractivity contribution in [1.82, 2.24) is 0 Å². The van der Waals surface area contributed by atoms with Gasteiger partial charge in [-0.15, -0.1) is 0 Å². The highest BCUT2D eigenvalue weighted by atomic mass is 14.2. The maximum Gasteiger partial charge on any atom is -0.00669 e. The van der Waals surface area contributed by atoms with Gasteiger partial charge in [-0.25, -0.2) is 0 Å². The average molecular weight is 241 g/mol. The molecule has 1 aliphatic rings. The fraction of sp³-hybridized carbons (Fsp3) is 0.0526. The second-order valence-corrected chi connectivity index (χ2v) is 4.92. The predicted octanol–water partition coefficient (Wildman–Crippen LogP) is 4.77. The smallest absolute Gasteiger partial charge is 0.00669 e. The minimum Gasteiger partial charge on any atom is -0.0716 e. The molecule has 0 heterocycles. The SMILES string of the molecule is [C]1=CCc2cccc(-c3cccc4ccccc34)c21. The Bertz CT molecular complexity index is 789. The van der Waals surface area contributed by atoms with Crippen LogP contribution in [0.25, 0.3) is 21.9 Å². The van der Waals surface area contributed by atoms with Crippen LogP contribution in [0.5, 0.6) is 0 Å². The summed E-state index contributed by atoms with van der Waals surface area (Å²) in [5, 5.41) is 2.60. The molecule has 0 nitrogen and oxygen atoms in total. The third-order valence-electron chi connectivity index (χ3n) is 3.80. The summed E-state index contributed by atoms with van der Waals surface area (Å²) in [7, 11) is 0. The molecule has 0 aromatic heterocycles. The van der Waals surface area contributed by atoms with Crippen molar-refractivity contribution in [2.45, 2.75) is 6.42 Å². The fourth-order valence-corrected chi connectivity index (χ4v) is 2.89. The Kier molecular flexibility index (Phi) is 2.28. The fourth-order valence-electron chi connectivity index (χ4n) is 2.89. The lowest BCUT2D eigenvalue weighted by Gasteiger charge is -2.10. The second kappa shape index (κ2) is 4.10. The lowest BCUT2D eigenvalue weighted by Crippen LogP contribution is -1.88. The predicted molar refractivity (Wildman–Crippen MR) is 80.0 cm³/mol. The van der Waals surface area contributed by atoms with E-state index in [2.05, 4.69) is 72.8 Å². The summed E-state index contributed by atoms with van der Waals surface area (Å²) in [5.74, 6) is 0. The van der Waals surface area contributed by atoms with Crippen LogP contribution in [-0.4, -0.2) is 0 Å². The Morgan fingerprint density at radius 1 is 0.737 bits per heavy atom. The topological polar surface area (TPSA) is 0 Å². The maximum atomic E-state index is 3.41. The van der Waals surface area contributed by atoms with Crippen molar-refractivity contribution in [3.8, 4) is 11.1 Å². The monoisotopic (exact) mass is 241 g/mol. The Morgan fingerprint density at radius 2 is 1.53 bits per heavy atom. The van der Waals surface area contributed by atoms with E-state index in [0.29, 0.717) is 0 Å². The van der Waals surface area contributed by atoms with E-state index in [-0.39, 0.29) is 0 Å². The van der Waals surface area contributed by atoms with Gasteiger partial charge in [-0.05, 0) is 45.5 Å². The third-order valence-corrected chi connectivity index (χ3v) is 3.80. The van der Waals surface area contributed by atoms with E-state index in [9.17, 15) is 0 Å². The summed E-state index contributed by atoms with van der Waals surface area (Å²) in [6.45, 7) is 0. The Balaban J connectivity index is 2.06. The molecule has 0 fully saturated rings. The molecule has 0 heteroatoms. The zero-order valence-corrected chi connectivity index (χ0v) is 10.6. The number of hydrogen-bond donors (Lipinski definition) is 0. The van der Waals surface area contributed by atoms with Gasteiger partial charge in [-0.1, -0.05) is 66.7 Å². The van der Waals surface area contributed by atoms with Crippen molar-refractivity contribution in [2.75, 3.05) is 0 Å². The largest absolute Gasteiger partial charge is 0.0716 e. The molecule has 19 heavy (non-hydrogen) atoms. The Hall–Kier alpha value is -2.34. The molecule has 0 N–H and O–H groups in total. The molecule has 0 saturated heterocycles. The van der Waals surface area contributed by atoms with Gasteiger partial charge in [0.05, 0.1) is 0 Å². The number of benzene rings is 3. The maximum absolute atomic E-state index is 3.41. The van der Waals surface area contributed by atoms with E-state index >= 15 is 0 Å². The van der Waals surface area contributed by atoms with Gasteiger partial charge in [0.1, 0.15) is 0 Å². The van der Waals surface area contributed by atoms with Gasteiger partial charge >= 0.3 is 0 Å². The summed E-state index contributed by atoms with van der Waals surface area (Å²) in [6, 6.07) is 21.6. The summed E-state index contributed by atoms with van der Waals surface area (Å²) >= 11 is 0. The molecule has 0 amide bonds. The zero-order chi connectivity index (χ0) is 12.7. The molecule has 0 atom stereocenters. The van der Waals surface area contributed by atoms with Gasteiger partial charge in [-0.2, -0.15) is 0 Å². The van der Waals surface area contributed by atoms with Crippen molar-refractivity contribution in [1.29, 1.82) is 0 Å². The molecule has 0 saturated carbocycles. The van der Waals surface area contributed by atoms with Crippen molar-refractivity contribution in [3.05, 3.63) is 83.9 Å². The van der Waals surface area contributed by atoms with Crippen molar-refractivity contribution < 1.29 is 0 Å². The van der Waals surface area contributed by atoms with E-state index in [0.717, 1.165) is 6.42 Å². The van der Waals surface area contributed by atoms with Gasteiger partial charge in [0.25, 0.3) is 0 Å². The van der Waals surface area contributed by atoms with Crippen molar-refractivity contribution >= 4 is 10.8 Å². The molecular weight excluding hydrogens is 228 g/mol. The third kappa shape index (κ3) is 1.61. The van der Waals surface area contributed by atoms with Crippen LogP contribution < -0.4 is 0 Å². The number of allylic oxidation sites excluding steroid dienone is 1. The van der Waals surface area contributed by atoms with Crippen LogP contribution in [-0.2, 0) is 6.42 Å². The van der Waals surface area contributed by atoms with Crippen LogP contribution in [0.4, 0.5) is 0 Å². The highest BCUT2D eigenvalue weighted by Gasteiger charge is 2.12. The Labute approximate surface area is 113 Å². The number of rotatable bonds is 1. The van der Waals surface area contributed by atoms with E-state index in [1.54, 1.807) is 0 Å². The van der Waals surface area contributed by atoms with Gasteiger partial charge in [-0.3, -0.25) is 0 Å². The van der Waals surface area contributed by atoms with E-state index in [1.807, 2.05) is 0 Å². The van der Waals surface area contributed by atoms with Crippen LogP contribution in [0.2, 0.25) is 0 Å². The van der Waals surface area contributed by atoms with Crippen LogP contribution >= 0.6 is 0 Å². The Morgan fingerprint density at radius 3 is 2.53 bits per heavy atom. The molecule has 0 unspecified atom stereocenters. The number of hydrogen-bond acceptors (Lipinski definition) is 0. The van der Waals surface area contributed by atoms with Crippen LogP contribution in [0, 0.1) is 6.08 Å². The van der Waals surface area contributed by atoms with E-state index < -0.39 is 0 Å². The lowest BCUT2D eigenvalue weighted by molar-refractivity contribution is 1.31. The van der Waals surface area contributed by atoms with Crippen LogP contribution in [0.3, 0.4) is 0 Å². The minimum absolute atomic E-state index is 1.01. The van der Waals surface area contributed by atoms with Crippen LogP contribution in [0.1, 0.15) is 11.1 Å². The molecule has 3 aromatic rings. The molecule has 1 radical (unpaired) electrons. The summed E-state index contributed by atoms with van der Waals surface area (Å²) < 4.78 is 0. The first-order valence-corrected chi connectivity index (χ1v) is 6.62. The summed E-state index contributed by atoms with van der Waals surface area (Å²) in [6.07, 6.45) is 6.54. The molecule has 0 aliphatic heterocycles. The first kappa shape index (κ1) is 10.6. The minimum atomic E-state index is 1.01. The van der Waals surface area contributed by atoms with Crippen LogP contribution in [0.15, 0.2) is 66.7 Å². The van der Waals surface area contributed by atoms with Gasteiger partial charge in [0.2, 0.25) is 0 Å². The molecule has 4 rings (SSSR count). The normalized spacial score (nSPS) is 12.8. The van der Waals surface area contributed by atoms with Gasteiger partial charge in [0, 0.05) is 0 Å². The first-order chi connectivity index (χ1) is 9.43. The highest BCUT2D eigenvalue weighted by Crippen LogP contribution is 2.34. The molecule has 0 bridgehead atoms. The highest BCUT2D eigenvalue weighted by molar-refractivity contribution is 5.97. The molecule has 3 aromatic carbocycles. The standard InChI is InChI=1S/C19H13/c1-2-10-16-14(6-1)8-4-12-18(16)19-13-5-9-15-7-3-11-17(15)19/h1-6,8-10,12-13H,7H2. The second-order valence-electron chi connectivity index (χ2n) is 4.92. The lowest BCUT2D eigenvalue weighted by atomic mass is 9.93. The first-order valence-electron chi connectivity index (χ1n) is 6.62. The molecule has 1 aliphatic carbocycles. The zero-order valence-electron chi connectivity index (χ0n) is 10.6. The average Bonchev–Trinajstić information content (AvgIpc) is 2.95. The van der Waals surface area contributed by atoms with Gasteiger partial charge < -0.3 is 0 Å². The van der Waals surface area contributed by atoms with E-state index in [1.165, 1.54) is 33.0 Å². The summed E-state index contributed by atoms with van der Waals surface area (Å²) in [5.41, 5.74) is 5.24. The van der Waals surface area contributed by atoms with Crippen molar-refractivity contribution in [3.63, 3.8) is 0 Å². The quantitative estimate of drug-likeness (QED) is 0.575. The van der Waals surface area contributed by atoms with E-state index in [4.69, 9.17) is 0 Å². The van der Waals surface area contributed by atoms with Crippen molar-refractivity contribution in [2.24, 2.45) is 0 Å². The molecule has 0 spiro atoms.